The predicted octanol–water partition coefficient (Wildman–Crippen LogP) is 4.01. The van der Waals surface area contributed by atoms with Crippen LogP contribution >= 0.6 is 0 Å². The largest absolute Gasteiger partial charge is 0.321 e. The fraction of sp³-hybridized carbons (Fsp3) is 0.400. The van der Waals surface area contributed by atoms with Gasteiger partial charge in [-0.05, 0) is 43.5 Å². The normalized spacial score (nSPS) is 15.2. The molecule has 0 unspecified atom stereocenters. The lowest BCUT2D eigenvalue weighted by atomic mass is 10.1. The summed E-state index contributed by atoms with van der Waals surface area (Å²) in [6.07, 6.45) is 5.42. The van der Waals surface area contributed by atoms with Gasteiger partial charge in [0.25, 0.3) is 11.5 Å². The number of benzene rings is 2. The second kappa shape index (κ2) is 10.5. The molecule has 34 heavy (non-hydrogen) atoms. The van der Waals surface area contributed by atoms with Crippen molar-refractivity contribution in [3.63, 3.8) is 0 Å². The van der Waals surface area contributed by atoms with Crippen LogP contribution < -0.4 is 10.9 Å². The van der Waals surface area contributed by atoms with Gasteiger partial charge in [-0.25, -0.2) is 13.1 Å². The van der Waals surface area contributed by atoms with Crippen LogP contribution in [0.4, 0.5) is 5.69 Å². The molecule has 8 nitrogen and oxygen atoms in total. The van der Waals surface area contributed by atoms with Crippen molar-refractivity contribution in [1.29, 1.82) is 0 Å². The molecule has 4 rings (SSSR count). The van der Waals surface area contributed by atoms with Gasteiger partial charge in [-0.15, -0.1) is 0 Å². The average Bonchev–Trinajstić information content (AvgIpc) is 3.14. The summed E-state index contributed by atoms with van der Waals surface area (Å²) < 4.78 is 29.2. The molecule has 1 aliphatic rings. The van der Waals surface area contributed by atoms with E-state index in [1.807, 2.05) is 6.92 Å². The summed E-state index contributed by atoms with van der Waals surface area (Å²) in [4.78, 5) is 26.2. The second-order valence-corrected chi connectivity index (χ2v) is 10.5. The summed E-state index contributed by atoms with van der Waals surface area (Å²) in [6, 6.07) is 13.2. The Morgan fingerprint density at radius 3 is 2.41 bits per heavy atom. The van der Waals surface area contributed by atoms with Gasteiger partial charge >= 0.3 is 0 Å². The van der Waals surface area contributed by atoms with Crippen LogP contribution in [-0.4, -0.2) is 41.5 Å². The molecule has 1 saturated heterocycles. The second-order valence-electron chi connectivity index (χ2n) is 8.58. The van der Waals surface area contributed by atoms with E-state index in [4.69, 9.17) is 0 Å². The third kappa shape index (κ3) is 5.05. The maximum atomic E-state index is 13.2. The summed E-state index contributed by atoms with van der Waals surface area (Å²) in [7, 11) is -3.64. The van der Waals surface area contributed by atoms with Gasteiger partial charge in [0, 0.05) is 30.7 Å². The summed E-state index contributed by atoms with van der Waals surface area (Å²) in [5.74, 6) is -0.495. The van der Waals surface area contributed by atoms with Crippen molar-refractivity contribution < 1.29 is 13.2 Å². The van der Waals surface area contributed by atoms with E-state index in [-0.39, 0.29) is 16.1 Å². The van der Waals surface area contributed by atoms with E-state index >= 15 is 0 Å². The van der Waals surface area contributed by atoms with Gasteiger partial charge in [0.15, 0.2) is 5.69 Å². The number of fused-ring (bicyclic) bond motifs is 1. The predicted molar refractivity (Wildman–Crippen MR) is 133 cm³/mol. The number of rotatable bonds is 7. The van der Waals surface area contributed by atoms with Gasteiger partial charge in [-0.1, -0.05) is 50.5 Å². The molecule has 1 aliphatic heterocycles. The third-order valence-corrected chi connectivity index (χ3v) is 8.00. The van der Waals surface area contributed by atoms with Gasteiger partial charge in [-0.2, -0.15) is 9.40 Å². The van der Waals surface area contributed by atoms with Crippen molar-refractivity contribution in [2.75, 3.05) is 18.4 Å². The number of sulfonamides is 1. The minimum Gasteiger partial charge on any atom is -0.321 e. The SMILES string of the molecule is CCCCn1nc(C(=O)Nc2cccc(S(=O)(=O)N3CCCCCC3)c2)c2ccccc2c1=O. The average molecular weight is 483 g/mol. The van der Waals surface area contributed by atoms with Crippen LogP contribution in [0.15, 0.2) is 58.2 Å². The van der Waals surface area contributed by atoms with E-state index < -0.39 is 15.9 Å². The minimum absolute atomic E-state index is 0.132. The highest BCUT2D eigenvalue weighted by molar-refractivity contribution is 7.89. The highest BCUT2D eigenvalue weighted by Crippen LogP contribution is 2.23. The molecular weight excluding hydrogens is 452 g/mol. The molecule has 0 atom stereocenters. The van der Waals surface area contributed by atoms with E-state index in [9.17, 15) is 18.0 Å². The van der Waals surface area contributed by atoms with Crippen LogP contribution in [0.1, 0.15) is 55.9 Å². The topological polar surface area (TPSA) is 101 Å². The lowest BCUT2D eigenvalue weighted by Crippen LogP contribution is -2.32. The number of hydrogen-bond donors (Lipinski definition) is 1. The lowest BCUT2D eigenvalue weighted by molar-refractivity contribution is 0.102. The number of aromatic nitrogens is 2. The van der Waals surface area contributed by atoms with Crippen molar-refractivity contribution in [3.05, 3.63) is 64.6 Å². The Labute approximate surface area is 199 Å². The third-order valence-electron chi connectivity index (χ3n) is 6.10. The molecule has 1 N–H and O–H groups in total. The van der Waals surface area contributed by atoms with Crippen LogP contribution in [-0.2, 0) is 16.6 Å². The van der Waals surface area contributed by atoms with Crippen LogP contribution in [0.25, 0.3) is 10.8 Å². The first-order chi connectivity index (χ1) is 16.4. The molecule has 9 heteroatoms. The number of nitrogens with one attached hydrogen (secondary N) is 1. The molecular formula is C25H30N4O4S. The van der Waals surface area contributed by atoms with Crippen molar-refractivity contribution in [2.24, 2.45) is 0 Å². The van der Waals surface area contributed by atoms with Crippen LogP contribution in [0.2, 0.25) is 0 Å². The van der Waals surface area contributed by atoms with Gasteiger partial charge in [-0.3, -0.25) is 9.59 Å². The Balaban J connectivity index is 1.65. The molecule has 2 aromatic carbocycles. The number of carbonyl (C=O) groups excluding carboxylic acids is 1. The fourth-order valence-electron chi connectivity index (χ4n) is 4.22. The van der Waals surface area contributed by atoms with Crippen molar-refractivity contribution >= 4 is 32.4 Å². The van der Waals surface area contributed by atoms with Crippen LogP contribution in [0.5, 0.6) is 0 Å². The van der Waals surface area contributed by atoms with E-state index in [1.165, 1.54) is 15.1 Å². The minimum atomic E-state index is -3.64. The maximum Gasteiger partial charge on any atom is 0.276 e. The Morgan fingerprint density at radius 1 is 1.00 bits per heavy atom. The van der Waals surface area contributed by atoms with E-state index in [2.05, 4.69) is 10.4 Å². The number of nitrogens with zero attached hydrogens (tertiary/aromatic N) is 3. The van der Waals surface area contributed by atoms with Gasteiger partial charge in [0.2, 0.25) is 10.0 Å². The summed E-state index contributed by atoms with van der Waals surface area (Å²) in [5, 5.41) is 8.03. The van der Waals surface area contributed by atoms with Crippen molar-refractivity contribution in [3.8, 4) is 0 Å². The van der Waals surface area contributed by atoms with Gasteiger partial charge in [0.05, 0.1) is 10.3 Å². The highest BCUT2D eigenvalue weighted by atomic mass is 32.2. The molecule has 0 spiro atoms. The quantitative estimate of drug-likeness (QED) is 0.548. The van der Waals surface area contributed by atoms with E-state index in [1.54, 1.807) is 42.5 Å². The first-order valence-corrected chi connectivity index (χ1v) is 13.3. The van der Waals surface area contributed by atoms with Gasteiger partial charge < -0.3 is 5.32 Å². The monoisotopic (exact) mass is 482 g/mol. The summed E-state index contributed by atoms with van der Waals surface area (Å²) in [5.41, 5.74) is 0.260. The first kappa shape index (κ1) is 24.1. The van der Waals surface area contributed by atoms with E-state index in [0.717, 1.165) is 38.5 Å². The van der Waals surface area contributed by atoms with E-state index in [0.29, 0.717) is 36.1 Å². The molecule has 0 aliphatic carbocycles. The molecule has 3 aromatic rings. The molecule has 0 radical (unpaired) electrons. The smallest absolute Gasteiger partial charge is 0.276 e. The highest BCUT2D eigenvalue weighted by Gasteiger charge is 2.25. The zero-order valence-corrected chi connectivity index (χ0v) is 20.2. The zero-order valence-electron chi connectivity index (χ0n) is 19.4. The fourth-order valence-corrected chi connectivity index (χ4v) is 5.78. The van der Waals surface area contributed by atoms with Gasteiger partial charge in [0.1, 0.15) is 0 Å². The van der Waals surface area contributed by atoms with Crippen molar-refractivity contribution in [2.45, 2.75) is 56.9 Å². The number of hydrogen-bond acceptors (Lipinski definition) is 5. The molecule has 1 amide bonds. The zero-order chi connectivity index (χ0) is 24.1. The molecule has 1 fully saturated rings. The Morgan fingerprint density at radius 2 is 1.71 bits per heavy atom. The molecule has 2 heterocycles. The number of aryl methyl sites for hydroxylation is 1. The van der Waals surface area contributed by atoms with Crippen LogP contribution in [0, 0.1) is 0 Å². The first-order valence-electron chi connectivity index (χ1n) is 11.8. The number of carbonyl (C=O) groups is 1. The van der Waals surface area contributed by atoms with Crippen LogP contribution in [0.3, 0.4) is 0 Å². The number of unbranched alkanes of at least 4 members (excludes halogenated alkanes) is 1. The molecule has 0 bridgehead atoms. The number of anilines is 1. The Bertz CT molecular complexity index is 1340. The lowest BCUT2D eigenvalue weighted by Gasteiger charge is -2.20. The maximum absolute atomic E-state index is 13.2. The summed E-state index contributed by atoms with van der Waals surface area (Å²) >= 11 is 0. The molecule has 0 saturated carbocycles. The standard InChI is InChI=1S/C25H30N4O4S/c1-2-3-17-29-25(31)22-14-7-6-13-21(22)23(27-29)24(30)26-19-11-10-12-20(18-19)34(32,33)28-15-8-4-5-9-16-28/h6-7,10-14,18H,2-5,8-9,15-17H2,1H3,(H,26,30). The Hall–Kier alpha value is -3.04. The molecule has 180 valence electrons. The summed E-state index contributed by atoms with van der Waals surface area (Å²) in [6.45, 7) is 3.46. The Kier molecular flexibility index (Phi) is 7.43. The molecule has 1 aromatic heterocycles. The van der Waals surface area contributed by atoms with Crippen molar-refractivity contribution in [1.82, 2.24) is 14.1 Å². The number of amides is 1.